The molecule has 0 aliphatic carbocycles. The lowest BCUT2D eigenvalue weighted by molar-refractivity contribution is -0.386. The monoisotopic (exact) mass is 275 g/mol. The van der Waals surface area contributed by atoms with Gasteiger partial charge in [0.05, 0.1) is 11.0 Å². The highest BCUT2D eigenvalue weighted by molar-refractivity contribution is 5.96. The lowest BCUT2D eigenvalue weighted by atomic mass is 10.1. The van der Waals surface area contributed by atoms with E-state index in [0.29, 0.717) is 0 Å². The number of carbonyl (C=O) groups is 1. The maximum Gasteiger partial charge on any atom is 0.344 e. The zero-order valence-electron chi connectivity index (χ0n) is 11.0. The van der Waals surface area contributed by atoms with Crippen LogP contribution < -0.4 is 5.32 Å². The summed E-state index contributed by atoms with van der Waals surface area (Å²) in [6, 6.07) is 8.98. The van der Waals surface area contributed by atoms with Crippen LogP contribution >= 0.6 is 0 Å². The van der Waals surface area contributed by atoms with Crippen LogP contribution in [-0.4, -0.2) is 16.0 Å². The summed E-state index contributed by atoms with van der Waals surface area (Å²) in [5.74, 6) is -0.627. The van der Waals surface area contributed by atoms with Gasteiger partial charge in [0.1, 0.15) is 0 Å². The first-order valence-corrected chi connectivity index (χ1v) is 5.97. The van der Waals surface area contributed by atoms with Gasteiger partial charge in [-0.2, -0.15) is 0 Å². The highest BCUT2D eigenvalue weighted by Gasteiger charge is 2.30. The second-order valence-electron chi connectivity index (χ2n) is 4.30. The van der Waals surface area contributed by atoms with E-state index in [1.807, 2.05) is 30.3 Å². The number of amides is 1. The molecule has 1 aromatic carbocycles. The van der Waals surface area contributed by atoms with E-state index >= 15 is 0 Å². The number of hydrogen-bond acceptors (Lipinski definition) is 5. The van der Waals surface area contributed by atoms with E-state index in [0.717, 1.165) is 5.56 Å². The molecule has 1 amide bonds. The Bertz CT molecular complexity index is 636. The highest BCUT2D eigenvalue weighted by atomic mass is 16.6. The Morgan fingerprint density at radius 2 is 2.05 bits per heavy atom. The molecule has 0 bridgehead atoms. The largest absolute Gasteiger partial charge is 0.353 e. The first kappa shape index (κ1) is 13.7. The zero-order valence-corrected chi connectivity index (χ0v) is 11.0. The molecule has 7 heteroatoms. The molecule has 2 rings (SSSR count). The fraction of sp³-hybridized carbons (Fsp3) is 0.231. The smallest absolute Gasteiger partial charge is 0.344 e. The number of nitrogens with zero attached hydrogens (tertiary/aromatic N) is 2. The average Bonchev–Trinajstić information content (AvgIpc) is 2.81. The van der Waals surface area contributed by atoms with Gasteiger partial charge in [-0.25, -0.2) is 0 Å². The van der Waals surface area contributed by atoms with Gasteiger partial charge in [-0.15, -0.1) is 0 Å². The molecule has 1 aromatic heterocycles. The lowest BCUT2D eigenvalue weighted by Crippen LogP contribution is -2.27. The van der Waals surface area contributed by atoms with Crippen LogP contribution in [-0.2, 0) is 0 Å². The van der Waals surface area contributed by atoms with Crippen molar-refractivity contribution in [2.45, 2.75) is 19.9 Å². The summed E-state index contributed by atoms with van der Waals surface area (Å²) < 4.78 is 4.71. The summed E-state index contributed by atoms with van der Waals surface area (Å²) in [5, 5.41) is 17.0. The molecule has 0 radical (unpaired) electrons. The van der Waals surface area contributed by atoms with Crippen LogP contribution in [0.25, 0.3) is 0 Å². The molecule has 7 nitrogen and oxygen atoms in total. The van der Waals surface area contributed by atoms with Crippen molar-refractivity contribution in [1.82, 2.24) is 10.5 Å². The number of aryl methyl sites for hydroxylation is 1. The van der Waals surface area contributed by atoms with Crippen molar-refractivity contribution in [3.8, 4) is 0 Å². The van der Waals surface area contributed by atoms with Crippen molar-refractivity contribution in [1.29, 1.82) is 0 Å². The van der Waals surface area contributed by atoms with Crippen molar-refractivity contribution >= 4 is 11.6 Å². The third-order valence-electron chi connectivity index (χ3n) is 2.88. The van der Waals surface area contributed by atoms with Gasteiger partial charge in [-0.1, -0.05) is 35.5 Å². The molecule has 0 fully saturated rings. The van der Waals surface area contributed by atoms with Gasteiger partial charge in [-0.3, -0.25) is 14.9 Å². The lowest BCUT2D eigenvalue weighted by Gasteiger charge is -2.12. The third-order valence-corrected chi connectivity index (χ3v) is 2.88. The third kappa shape index (κ3) is 2.66. The number of nitrogens with one attached hydrogen (secondary N) is 1. The van der Waals surface area contributed by atoms with Crippen LogP contribution in [0.15, 0.2) is 34.9 Å². The van der Waals surface area contributed by atoms with Gasteiger partial charge in [-0.05, 0) is 12.5 Å². The SMILES string of the molecule is Cc1onc(C(=O)N[C@@H](C)c2ccccc2)c1[N+](=O)[O-]. The molecule has 0 saturated heterocycles. The molecule has 1 N–H and O–H groups in total. The van der Waals surface area contributed by atoms with Crippen LogP contribution in [0.5, 0.6) is 0 Å². The minimum atomic E-state index is -0.673. The normalized spacial score (nSPS) is 11.9. The van der Waals surface area contributed by atoms with Crippen molar-refractivity contribution in [2.24, 2.45) is 0 Å². The van der Waals surface area contributed by atoms with Gasteiger partial charge in [0.25, 0.3) is 5.91 Å². The van der Waals surface area contributed by atoms with Gasteiger partial charge in [0, 0.05) is 6.92 Å². The van der Waals surface area contributed by atoms with E-state index in [1.165, 1.54) is 6.92 Å². The molecular weight excluding hydrogens is 262 g/mol. The Labute approximate surface area is 114 Å². The summed E-state index contributed by atoms with van der Waals surface area (Å²) in [7, 11) is 0. The van der Waals surface area contributed by atoms with E-state index in [2.05, 4.69) is 10.5 Å². The van der Waals surface area contributed by atoms with Crippen molar-refractivity contribution in [3.63, 3.8) is 0 Å². The number of benzene rings is 1. The summed E-state index contributed by atoms with van der Waals surface area (Å²) >= 11 is 0. The number of hydrogen-bond donors (Lipinski definition) is 1. The Balaban J connectivity index is 2.19. The minimum Gasteiger partial charge on any atom is -0.353 e. The molecule has 104 valence electrons. The second-order valence-corrected chi connectivity index (χ2v) is 4.30. The van der Waals surface area contributed by atoms with Crippen molar-refractivity contribution in [2.75, 3.05) is 0 Å². The fourth-order valence-electron chi connectivity index (χ4n) is 1.82. The van der Waals surface area contributed by atoms with Crippen molar-refractivity contribution < 1.29 is 14.2 Å². The van der Waals surface area contributed by atoms with Gasteiger partial charge >= 0.3 is 5.69 Å². The Hall–Kier alpha value is -2.70. The van der Waals surface area contributed by atoms with Gasteiger partial charge < -0.3 is 9.84 Å². The summed E-state index contributed by atoms with van der Waals surface area (Å²) in [6.45, 7) is 3.18. The van der Waals surface area contributed by atoms with Gasteiger partial charge in [0.15, 0.2) is 0 Å². The second kappa shape index (κ2) is 5.52. The van der Waals surface area contributed by atoms with Crippen LogP contribution in [0.1, 0.15) is 34.8 Å². The molecule has 2 aromatic rings. The van der Waals surface area contributed by atoms with Gasteiger partial charge in [0.2, 0.25) is 11.5 Å². The molecule has 1 heterocycles. The Kier molecular flexibility index (Phi) is 3.79. The summed E-state index contributed by atoms with van der Waals surface area (Å²) in [6.07, 6.45) is 0. The fourth-order valence-corrected chi connectivity index (χ4v) is 1.82. The number of aromatic nitrogens is 1. The standard InChI is InChI=1S/C13H13N3O4/c1-8(10-6-4-3-5-7-10)14-13(17)11-12(16(18)19)9(2)20-15-11/h3-8H,1-2H3,(H,14,17)/t8-/m0/s1. The molecule has 0 spiro atoms. The van der Waals surface area contributed by atoms with E-state index < -0.39 is 16.5 Å². The first-order valence-electron chi connectivity index (χ1n) is 5.97. The molecule has 0 unspecified atom stereocenters. The number of rotatable bonds is 4. The predicted molar refractivity (Wildman–Crippen MR) is 70.2 cm³/mol. The number of nitro groups is 1. The molecule has 0 aliphatic heterocycles. The molecule has 20 heavy (non-hydrogen) atoms. The highest BCUT2D eigenvalue weighted by Crippen LogP contribution is 2.23. The molecule has 0 aliphatic rings. The molecule has 0 saturated carbocycles. The maximum atomic E-state index is 12.0. The topological polar surface area (TPSA) is 98.3 Å². The Morgan fingerprint density at radius 3 is 2.65 bits per heavy atom. The average molecular weight is 275 g/mol. The molecular formula is C13H13N3O4. The maximum absolute atomic E-state index is 12.0. The van der Waals surface area contributed by atoms with Crippen LogP contribution in [0, 0.1) is 17.0 Å². The van der Waals surface area contributed by atoms with Crippen LogP contribution in [0.3, 0.4) is 0 Å². The van der Waals surface area contributed by atoms with E-state index in [-0.39, 0.29) is 17.5 Å². The van der Waals surface area contributed by atoms with Crippen molar-refractivity contribution in [3.05, 3.63) is 57.5 Å². The Morgan fingerprint density at radius 1 is 1.40 bits per heavy atom. The van der Waals surface area contributed by atoms with Crippen LogP contribution in [0.4, 0.5) is 5.69 Å². The predicted octanol–water partition coefficient (Wildman–Crippen LogP) is 2.38. The summed E-state index contributed by atoms with van der Waals surface area (Å²) in [4.78, 5) is 22.2. The first-order chi connectivity index (χ1) is 9.50. The zero-order chi connectivity index (χ0) is 14.7. The molecule has 1 atom stereocenters. The quantitative estimate of drug-likeness (QED) is 0.682. The number of carbonyl (C=O) groups excluding carboxylic acids is 1. The van der Waals surface area contributed by atoms with E-state index in [1.54, 1.807) is 6.92 Å². The van der Waals surface area contributed by atoms with E-state index in [4.69, 9.17) is 4.52 Å². The summed E-state index contributed by atoms with van der Waals surface area (Å²) in [5.41, 5.74) is 0.182. The minimum absolute atomic E-state index is 0.00696. The van der Waals surface area contributed by atoms with Crippen LogP contribution in [0.2, 0.25) is 0 Å². The van der Waals surface area contributed by atoms with E-state index in [9.17, 15) is 14.9 Å².